The summed E-state index contributed by atoms with van der Waals surface area (Å²) in [5, 5.41) is 14.2. The van der Waals surface area contributed by atoms with Crippen LogP contribution in [-0.2, 0) is 14.3 Å². The molecule has 2 aliphatic heterocycles. The van der Waals surface area contributed by atoms with Crippen LogP contribution in [0.25, 0.3) is 0 Å². The minimum Gasteiger partial charge on any atom is -0.475 e. The number of likely N-dealkylation sites (N-methyl/N-ethyl adjacent to an activating group) is 1. The largest absolute Gasteiger partial charge is 0.490 e. The van der Waals surface area contributed by atoms with E-state index in [2.05, 4.69) is 33.7 Å². The molecule has 1 atom stereocenters. The molecule has 0 radical (unpaired) electrons. The summed E-state index contributed by atoms with van der Waals surface area (Å²) in [6.45, 7) is 5.87. The van der Waals surface area contributed by atoms with Gasteiger partial charge in [0.1, 0.15) is 0 Å². The number of hydrogen-bond donors (Lipinski definition) is 2. The molecular weight excluding hydrogens is 490 g/mol. The average molecular weight is 518 g/mol. The lowest BCUT2D eigenvalue weighted by atomic mass is 9.85. The van der Waals surface area contributed by atoms with Crippen LogP contribution in [0.3, 0.4) is 0 Å². The van der Waals surface area contributed by atoms with E-state index in [1.165, 1.54) is 25.7 Å². The van der Waals surface area contributed by atoms with Crippen molar-refractivity contribution in [2.75, 3.05) is 38.3 Å². The maximum absolute atomic E-state index is 10.6. The van der Waals surface area contributed by atoms with Gasteiger partial charge in [0.25, 0.3) is 0 Å². The molecule has 0 aromatic carbocycles. The van der Waals surface area contributed by atoms with Gasteiger partial charge in [-0.05, 0) is 45.7 Å². The summed E-state index contributed by atoms with van der Waals surface area (Å²) >= 11 is 0. The Balaban J connectivity index is 0.000000362. The lowest BCUT2D eigenvalue weighted by Gasteiger charge is -2.45. The minimum absolute atomic E-state index is 0.368. The van der Waals surface area contributed by atoms with E-state index < -0.39 is 24.3 Å². The van der Waals surface area contributed by atoms with E-state index in [0.29, 0.717) is 11.6 Å². The van der Waals surface area contributed by atoms with E-state index in [1.54, 1.807) is 0 Å². The van der Waals surface area contributed by atoms with Gasteiger partial charge >= 0.3 is 24.3 Å². The first kappa shape index (κ1) is 30.4. The predicted molar refractivity (Wildman–Crippen MR) is 111 cm³/mol. The Kier molecular flexibility index (Phi) is 11.2. The first-order valence-electron chi connectivity index (χ1n) is 10.6. The highest BCUT2D eigenvalue weighted by molar-refractivity contribution is 5.73. The van der Waals surface area contributed by atoms with Crippen molar-refractivity contribution in [1.82, 2.24) is 14.9 Å². The number of likely N-dealkylation sites (tertiary alicyclic amines) is 1. The molecule has 1 aromatic rings. The number of halogens is 6. The van der Waals surface area contributed by atoms with Crippen LogP contribution in [0, 0.1) is 0 Å². The van der Waals surface area contributed by atoms with Crippen molar-refractivity contribution in [1.29, 1.82) is 0 Å². The fourth-order valence-electron chi connectivity index (χ4n) is 3.82. The topological polar surface area (TPSA) is 116 Å². The number of carboxylic acid groups (broad SMARTS) is 2. The van der Waals surface area contributed by atoms with Gasteiger partial charge in [-0.1, -0.05) is 0 Å². The van der Waals surface area contributed by atoms with Crippen molar-refractivity contribution in [3.63, 3.8) is 0 Å². The summed E-state index contributed by atoms with van der Waals surface area (Å²) < 4.78 is 69.1. The maximum atomic E-state index is 10.6. The van der Waals surface area contributed by atoms with Gasteiger partial charge < -0.3 is 19.8 Å². The van der Waals surface area contributed by atoms with E-state index in [0.717, 1.165) is 32.3 Å². The SMILES string of the molecule is CCOCC1CCC2(CCN(c3ncccn3)CC2)N1C.O=C(O)C(F)(F)F.O=C(O)C(F)(F)F. The molecule has 200 valence electrons. The normalized spacial score (nSPS) is 19.9. The maximum Gasteiger partial charge on any atom is 0.490 e. The van der Waals surface area contributed by atoms with E-state index in [-0.39, 0.29) is 0 Å². The number of aliphatic carboxylic acids is 2. The number of nitrogens with zero attached hydrogens (tertiary/aromatic N) is 4. The third-order valence-electron chi connectivity index (χ3n) is 5.77. The van der Waals surface area contributed by atoms with Crippen LogP contribution in [0.15, 0.2) is 18.5 Å². The predicted octanol–water partition coefficient (Wildman–Crippen LogP) is 3.21. The number of rotatable bonds is 4. The molecule has 3 heterocycles. The molecule has 1 spiro atoms. The molecule has 0 aliphatic carbocycles. The molecule has 35 heavy (non-hydrogen) atoms. The van der Waals surface area contributed by atoms with Crippen LogP contribution in [0.5, 0.6) is 0 Å². The molecule has 0 saturated carbocycles. The Morgan fingerprint density at radius 3 is 1.89 bits per heavy atom. The molecule has 2 fully saturated rings. The number of piperidine rings is 1. The Bertz CT molecular complexity index is 777. The molecule has 3 rings (SSSR count). The molecule has 2 aliphatic rings. The molecule has 1 unspecified atom stereocenters. The molecule has 1 aromatic heterocycles. The van der Waals surface area contributed by atoms with Gasteiger partial charge in [-0.25, -0.2) is 19.6 Å². The highest BCUT2D eigenvalue weighted by Crippen LogP contribution is 2.40. The summed E-state index contributed by atoms with van der Waals surface area (Å²) in [5.74, 6) is -4.64. The number of aromatic nitrogens is 2. The van der Waals surface area contributed by atoms with Crippen LogP contribution < -0.4 is 4.90 Å². The number of alkyl halides is 6. The number of anilines is 1. The Morgan fingerprint density at radius 2 is 1.49 bits per heavy atom. The fraction of sp³-hybridized carbons (Fsp3) is 0.700. The number of ether oxygens (including phenoxy) is 1. The van der Waals surface area contributed by atoms with Crippen molar-refractivity contribution in [2.24, 2.45) is 0 Å². The zero-order valence-electron chi connectivity index (χ0n) is 19.1. The van der Waals surface area contributed by atoms with Gasteiger partial charge in [-0.3, -0.25) is 4.90 Å². The summed E-state index contributed by atoms with van der Waals surface area (Å²) in [6.07, 6.45) is -1.56. The molecule has 15 heteroatoms. The van der Waals surface area contributed by atoms with Gasteiger partial charge in [0.05, 0.1) is 6.61 Å². The third kappa shape index (κ3) is 9.47. The van der Waals surface area contributed by atoms with E-state index in [4.69, 9.17) is 24.5 Å². The van der Waals surface area contributed by atoms with Crippen molar-refractivity contribution < 1.29 is 50.9 Å². The van der Waals surface area contributed by atoms with Crippen LogP contribution in [-0.4, -0.2) is 94.3 Å². The highest BCUT2D eigenvalue weighted by Gasteiger charge is 2.46. The molecule has 2 N–H and O–H groups in total. The van der Waals surface area contributed by atoms with Crippen molar-refractivity contribution in [2.45, 2.75) is 56.5 Å². The second-order valence-corrected chi connectivity index (χ2v) is 7.83. The molecular formula is C20H28F6N4O5. The molecule has 9 nitrogen and oxygen atoms in total. The number of carbonyl (C=O) groups is 2. The van der Waals surface area contributed by atoms with Crippen molar-refractivity contribution in [3.8, 4) is 0 Å². The van der Waals surface area contributed by atoms with Crippen molar-refractivity contribution >= 4 is 17.9 Å². The average Bonchev–Trinajstić information content (AvgIpc) is 3.08. The Labute approximate surface area is 197 Å². The van der Waals surface area contributed by atoms with Gasteiger partial charge in [-0.15, -0.1) is 0 Å². The summed E-state index contributed by atoms with van der Waals surface area (Å²) in [6, 6.07) is 2.46. The molecule has 2 saturated heterocycles. The quantitative estimate of drug-likeness (QED) is 0.580. The monoisotopic (exact) mass is 518 g/mol. The van der Waals surface area contributed by atoms with Gasteiger partial charge in [-0.2, -0.15) is 26.3 Å². The number of hydrogen-bond acceptors (Lipinski definition) is 7. The van der Waals surface area contributed by atoms with E-state index in [9.17, 15) is 26.3 Å². The molecule has 0 amide bonds. The second kappa shape index (κ2) is 12.9. The standard InChI is InChI=1S/C16H26N4O.2C2HF3O2/c1-3-21-13-14-5-6-16(19(14)2)7-11-20(12-8-16)15-17-9-4-10-18-15;2*3-2(4,5)1(6)7/h4,9-10,14H,3,5-8,11-13H2,1-2H3;2*(H,6,7). The smallest absolute Gasteiger partial charge is 0.475 e. The van der Waals surface area contributed by atoms with Crippen LogP contribution in [0.2, 0.25) is 0 Å². The lowest BCUT2D eigenvalue weighted by Crippen LogP contribution is -2.53. The van der Waals surface area contributed by atoms with Crippen LogP contribution in [0.1, 0.15) is 32.6 Å². The Morgan fingerprint density at radius 1 is 1.03 bits per heavy atom. The zero-order chi connectivity index (χ0) is 26.9. The summed E-state index contributed by atoms with van der Waals surface area (Å²) in [7, 11) is 2.28. The lowest BCUT2D eigenvalue weighted by molar-refractivity contribution is -0.193. The van der Waals surface area contributed by atoms with E-state index in [1.807, 2.05) is 18.5 Å². The third-order valence-corrected chi connectivity index (χ3v) is 5.77. The molecule has 0 bridgehead atoms. The van der Waals surface area contributed by atoms with Crippen molar-refractivity contribution in [3.05, 3.63) is 18.5 Å². The first-order chi connectivity index (χ1) is 16.1. The minimum atomic E-state index is -5.08. The van der Waals surface area contributed by atoms with E-state index >= 15 is 0 Å². The first-order valence-corrected chi connectivity index (χ1v) is 10.6. The highest BCUT2D eigenvalue weighted by atomic mass is 19.4. The fourth-order valence-corrected chi connectivity index (χ4v) is 3.82. The zero-order valence-corrected chi connectivity index (χ0v) is 19.1. The van der Waals surface area contributed by atoms with Gasteiger partial charge in [0.2, 0.25) is 5.95 Å². The van der Waals surface area contributed by atoms with Crippen LogP contribution in [0.4, 0.5) is 32.3 Å². The Hall–Kier alpha value is -2.68. The van der Waals surface area contributed by atoms with Crippen LogP contribution >= 0.6 is 0 Å². The summed E-state index contributed by atoms with van der Waals surface area (Å²) in [5.41, 5.74) is 0.368. The van der Waals surface area contributed by atoms with Gasteiger partial charge in [0, 0.05) is 43.7 Å². The van der Waals surface area contributed by atoms with Gasteiger partial charge in [0.15, 0.2) is 0 Å². The number of carboxylic acids is 2. The second-order valence-electron chi connectivity index (χ2n) is 7.83. The summed E-state index contributed by atoms with van der Waals surface area (Å²) in [4.78, 5) is 31.4.